The second kappa shape index (κ2) is 7.91. The van der Waals surface area contributed by atoms with Gasteiger partial charge in [0.25, 0.3) is 0 Å². The number of ether oxygens (including phenoxy) is 1. The summed E-state index contributed by atoms with van der Waals surface area (Å²) in [6, 6.07) is 0. The quantitative estimate of drug-likeness (QED) is 0.368. The highest BCUT2D eigenvalue weighted by Crippen LogP contribution is 2.39. The first kappa shape index (κ1) is 22.4. The zero-order valence-corrected chi connectivity index (χ0v) is 19.9. The summed E-state index contributed by atoms with van der Waals surface area (Å²) in [6.45, 7) is 24.9. The summed E-state index contributed by atoms with van der Waals surface area (Å²) < 4.78 is 18.5. The van der Waals surface area contributed by atoms with Gasteiger partial charge in [0, 0.05) is 0 Å². The van der Waals surface area contributed by atoms with Crippen LogP contribution in [-0.4, -0.2) is 42.1 Å². The first-order chi connectivity index (χ1) is 10.7. The molecule has 0 aliphatic carbocycles. The normalized spacial score (nSPS) is 21.0. The number of hydrogen-bond donors (Lipinski definition) is 0. The second-order valence-electron chi connectivity index (χ2n) is 10.5. The predicted octanol–water partition coefficient (Wildman–Crippen LogP) is 5.97. The third-order valence-electron chi connectivity index (χ3n) is 6.16. The Balaban J connectivity index is 2.66. The standard InChI is InChI=1S/C19H42O3Si2/c1-18(2,3)23(7,8)21-15-17(13-11-12-16-14-20-16)22-24(9,10)19(4,5)6/h16-17H,11-15H2,1-10H3/t16?,17-/m0/s1. The fourth-order valence-corrected chi connectivity index (χ4v) is 4.50. The minimum atomic E-state index is -1.77. The van der Waals surface area contributed by atoms with Crippen molar-refractivity contribution in [2.75, 3.05) is 13.2 Å². The van der Waals surface area contributed by atoms with Crippen molar-refractivity contribution in [1.29, 1.82) is 0 Å². The van der Waals surface area contributed by atoms with Crippen molar-refractivity contribution >= 4 is 16.6 Å². The van der Waals surface area contributed by atoms with Crippen molar-refractivity contribution in [1.82, 2.24) is 0 Å². The molecule has 0 aromatic heterocycles. The van der Waals surface area contributed by atoms with Gasteiger partial charge in [-0.3, -0.25) is 0 Å². The molecule has 1 heterocycles. The van der Waals surface area contributed by atoms with Crippen LogP contribution in [0.3, 0.4) is 0 Å². The highest BCUT2D eigenvalue weighted by Gasteiger charge is 2.41. The van der Waals surface area contributed by atoms with Gasteiger partial charge in [-0.2, -0.15) is 0 Å². The first-order valence-electron chi connectivity index (χ1n) is 9.59. The van der Waals surface area contributed by atoms with Crippen molar-refractivity contribution < 1.29 is 13.6 Å². The molecule has 5 heteroatoms. The van der Waals surface area contributed by atoms with E-state index in [0.29, 0.717) is 6.10 Å². The molecule has 0 radical (unpaired) electrons. The van der Waals surface area contributed by atoms with E-state index in [9.17, 15) is 0 Å². The summed E-state index contributed by atoms with van der Waals surface area (Å²) in [4.78, 5) is 0. The maximum atomic E-state index is 6.71. The van der Waals surface area contributed by atoms with Crippen molar-refractivity contribution in [3.05, 3.63) is 0 Å². The smallest absolute Gasteiger partial charge is 0.192 e. The molecule has 1 fully saturated rings. The Hall–Kier alpha value is 0.314. The molecule has 1 unspecified atom stereocenters. The molecule has 1 saturated heterocycles. The molecule has 0 spiro atoms. The van der Waals surface area contributed by atoms with Crippen LogP contribution in [-0.2, 0) is 13.6 Å². The number of epoxide rings is 1. The summed E-state index contributed by atoms with van der Waals surface area (Å²) in [5.41, 5.74) is 0. The van der Waals surface area contributed by atoms with Crippen LogP contribution in [0.2, 0.25) is 36.3 Å². The Morgan fingerprint density at radius 2 is 1.46 bits per heavy atom. The lowest BCUT2D eigenvalue weighted by Crippen LogP contribution is -2.47. The molecule has 1 aliphatic heterocycles. The summed E-state index contributed by atoms with van der Waals surface area (Å²) in [7, 11) is -3.49. The van der Waals surface area contributed by atoms with E-state index in [0.717, 1.165) is 26.1 Å². The van der Waals surface area contributed by atoms with Crippen LogP contribution >= 0.6 is 0 Å². The van der Waals surface area contributed by atoms with Crippen molar-refractivity contribution in [3.8, 4) is 0 Å². The lowest BCUT2D eigenvalue weighted by atomic mass is 10.1. The van der Waals surface area contributed by atoms with Crippen molar-refractivity contribution in [3.63, 3.8) is 0 Å². The Labute approximate surface area is 153 Å². The van der Waals surface area contributed by atoms with Gasteiger partial charge < -0.3 is 13.6 Å². The van der Waals surface area contributed by atoms with Gasteiger partial charge in [-0.05, 0) is 55.5 Å². The average molecular weight is 375 g/mol. The third-order valence-corrected chi connectivity index (χ3v) is 15.2. The summed E-state index contributed by atoms with van der Waals surface area (Å²) >= 11 is 0. The zero-order valence-electron chi connectivity index (χ0n) is 17.9. The second-order valence-corrected chi connectivity index (χ2v) is 20.0. The minimum Gasteiger partial charge on any atom is -0.414 e. The molecule has 2 atom stereocenters. The first-order valence-corrected chi connectivity index (χ1v) is 15.4. The van der Waals surface area contributed by atoms with Gasteiger partial charge in [-0.25, -0.2) is 0 Å². The number of hydrogen-bond acceptors (Lipinski definition) is 3. The van der Waals surface area contributed by atoms with Crippen LogP contribution in [0.1, 0.15) is 60.8 Å². The lowest BCUT2D eigenvalue weighted by molar-refractivity contribution is 0.0977. The summed E-state index contributed by atoms with van der Waals surface area (Å²) in [5.74, 6) is 0. The Kier molecular flexibility index (Phi) is 7.37. The highest BCUT2D eigenvalue weighted by atomic mass is 28.4. The molecule has 0 saturated carbocycles. The van der Waals surface area contributed by atoms with Crippen molar-refractivity contribution in [2.24, 2.45) is 0 Å². The largest absolute Gasteiger partial charge is 0.414 e. The van der Waals surface area contributed by atoms with E-state index >= 15 is 0 Å². The zero-order chi connectivity index (χ0) is 18.8. The van der Waals surface area contributed by atoms with E-state index in [1.54, 1.807) is 0 Å². The van der Waals surface area contributed by atoms with Crippen LogP contribution < -0.4 is 0 Å². The molecule has 0 aromatic carbocycles. The molecule has 1 rings (SSSR count). The molecule has 3 nitrogen and oxygen atoms in total. The van der Waals surface area contributed by atoms with Gasteiger partial charge in [-0.15, -0.1) is 0 Å². The maximum Gasteiger partial charge on any atom is 0.192 e. The fraction of sp³-hybridized carbons (Fsp3) is 1.00. The minimum absolute atomic E-state index is 0.221. The maximum absolute atomic E-state index is 6.71. The van der Waals surface area contributed by atoms with Gasteiger partial charge in [0.05, 0.1) is 25.4 Å². The summed E-state index contributed by atoms with van der Waals surface area (Å²) in [6.07, 6.45) is 4.15. The summed E-state index contributed by atoms with van der Waals surface area (Å²) in [5, 5.41) is 0.484. The van der Waals surface area contributed by atoms with E-state index in [2.05, 4.69) is 67.7 Å². The predicted molar refractivity (Wildman–Crippen MR) is 109 cm³/mol. The third kappa shape index (κ3) is 6.91. The molecule has 144 valence electrons. The van der Waals surface area contributed by atoms with E-state index in [1.165, 1.54) is 6.42 Å². The fourth-order valence-electron chi connectivity index (χ4n) is 2.10. The Morgan fingerprint density at radius 1 is 0.958 bits per heavy atom. The molecule has 24 heavy (non-hydrogen) atoms. The van der Waals surface area contributed by atoms with Gasteiger partial charge in [0.2, 0.25) is 0 Å². The van der Waals surface area contributed by atoms with E-state index in [4.69, 9.17) is 13.6 Å². The van der Waals surface area contributed by atoms with E-state index in [1.807, 2.05) is 0 Å². The monoisotopic (exact) mass is 374 g/mol. The molecule has 0 bridgehead atoms. The van der Waals surface area contributed by atoms with E-state index < -0.39 is 16.6 Å². The SMILES string of the molecule is CC(C)(C)[Si](C)(C)OC[C@H](CCCC1CO1)O[Si](C)(C)C(C)(C)C. The van der Waals surface area contributed by atoms with Gasteiger partial charge in [0.1, 0.15) is 0 Å². The Bertz CT molecular complexity index is 390. The van der Waals surface area contributed by atoms with Gasteiger partial charge in [0.15, 0.2) is 16.6 Å². The molecular formula is C19H42O3Si2. The van der Waals surface area contributed by atoms with Crippen LogP contribution in [0.15, 0.2) is 0 Å². The van der Waals surface area contributed by atoms with Crippen LogP contribution in [0.5, 0.6) is 0 Å². The van der Waals surface area contributed by atoms with Crippen molar-refractivity contribution in [2.45, 2.75) is 109 Å². The highest BCUT2D eigenvalue weighted by molar-refractivity contribution is 6.74. The Morgan fingerprint density at radius 3 is 1.88 bits per heavy atom. The van der Waals surface area contributed by atoms with E-state index in [-0.39, 0.29) is 16.2 Å². The molecular weight excluding hydrogens is 332 g/mol. The van der Waals surface area contributed by atoms with Crippen LogP contribution in [0.25, 0.3) is 0 Å². The average Bonchev–Trinajstić information content (AvgIpc) is 3.16. The van der Waals surface area contributed by atoms with Gasteiger partial charge in [-0.1, -0.05) is 41.5 Å². The molecule has 1 aliphatic rings. The van der Waals surface area contributed by atoms with Crippen LogP contribution in [0.4, 0.5) is 0 Å². The molecule has 0 aromatic rings. The van der Waals surface area contributed by atoms with Crippen LogP contribution in [0, 0.1) is 0 Å². The number of rotatable bonds is 9. The molecule has 0 N–H and O–H groups in total. The topological polar surface area (TPSA) is 31.0 Å². The lowest BCUT2D eigenvalue weighted by Gasteiger charge is -2.41. The molecule has 0 amide bonds. The van der Waals surface area contributed by atoms with Gasteiger partial charge >= 0.3 is 0 Å².